The highest BCUT2D eigenvalue weighted by Gasteiger charge is 2.28. The van der Waals surface area contributed by atoms with E-state index in [1.165, 1.54) is 32.1 Å². The maximum absolute atomic E-state index is 11.0. The lowest BCUT2D eigenvalue weighted by atomic mass is 9.85. The van der Waals surface area contributed by atoms with Crippen LogP contribution in [-0.4, -0.2) is 31.9 Å². The van der Waals surface area contributed by atoms with E-state index in [4.69, 9.17) is 19.6 Å². The Balaban J connectivity index is 2.39. The van der Waals surface area contributed by atoms with Crippen molar-refractivity contribution in [2.75, 3.05) is 12.3 Å². The highest BCUT2D eigenvalue weighted by Crippen LogP contribution is 2.45. The lowest BCUT2D eigenvalue weighted by Gasteiger charge is -2.23. The molecule has 1 rings (SSSR count). The molecule has 6 nitrogen and oxygen atoms in total. The lowest BCUT2D eigenvalue weighted by molar-refractivity contribution is 0.314. The van der Waals surface area contributed by atoms with Crippen molar-refractivity contribution < 1.29 is 28.7 Å². The largest absolute Gasteiger partial charge is 0.325 e. The first-order chi connectivity index (χ1) is 9.16. The summed E-state index contributed by atoms with van der Waals surface area (Å²) < 4.78 is 22.1. The Bertz CT molecular complexity index is 344. The molecule has 1 fully saturated rings. The second kappa shape index (κ2) is 8.07. The normalized spacial score (nSPS) is 18.6. The van der Waals surface area contributed by atoms with E-state index in [0.29, 0.717) is 12.3 Å². The third kappa shape index (κ3) is 9.28. The SMILES string of the molecule is O=P(O)(O)CC(CCCC1CCCCC1)CP(=O)(O)O. The van der Waals surface area contributed by atoms with E-state index in [0.717, 1.165) is 12.8 Å². The van der Waals surface area contributed by atoms with E-state index in [9.17, 15) is 9.13 Å². The van der Waals surface area contributed by atoms with Crippen molar-refractivity contribution >= 4 is 15.2 Å². The molecule has 4 N–H and O–H groups in total. The standard InChI is InChI=1S/C12H26O6P2/c13-19(14,15)9-12(10-20(16,17)18)8-4-7-11-5-2-1-3-6-11/h11-12H,1-10H2,(H2,13,14,15)(H2,16,17,18). The Kier molecular flexibility index (Phi) is 7.40. The van der Waals surface area contributed by atoms with E-state index < -0.39 is 33.4 Å². The number of hydrogen-bond donors (Lipinski definition) is 4. The van der Waals surface area contributed by atoms with Crippen LogP contribution in [-0.2, 0) is 9.13 Å². The van der Waals surface area contributed by atoms with Crippen molar-refractivity contribution in [3.63, 3.8) is 0 Å². The van der Waals surface area contributed by atoms with Gasteiger partial charge in [-0.15, -0.1) is 0 Å². The Labute approximate surface area is 120 Å². The maximum atomic E-state index is 11.0. The quantitative estimate of drug-likeness (QED) is 0.509. The van der Waals surface area contributed by atoms with Gasteiger partial charge in [0.05, 0.1) is 12.3 Å². The third-order valence-electron chi connectivity index (χ3n) is 3.94. The summed E-state index contributed by atoms with van der Waals surface area (Å²) in [5.41, 5.74) is 0. The second-order valence-electron chi connectivity index (χ2n) is 6.00. The van der Waals surface area contributed by atoms with Crippen LogP contribution >= 0.6 is 15.2 Å². The van der Waals surface area contributed by atoms with Crippen LogP contribution in [0.15, 0.2) is 0 Å². The molecule has 8 heteroatoms. The summed E-state index contributed by atoms with van der Waals surface area (Å²) in [5.74, 6) is 0.0785. The van der Waals surface area contributed by atoms with E-state index in [1.54, 1.807) is 0 Å². The molecule has 0 atom stereocenters. The van der Waals surface area contributed by atoms with E-state index in [-0.39, 0.29) is 0 Å². The zero-order valence-electron chi connectivity index (χ0n) is 11.7. The van der Waals surface area contributed by atoms with Gasteiger partial charge in [0.1, 0.15) is 0 Å². The predicted octanol–water partition coefficient (Wildman–Crippen LogP) is 2.71. The predicted molar refractivity (Wildman–Crippen MR) is 77.7 cm³/mol. The van der Waals surface area contributed by atoms with E-state index in [2.05, 4.69) is 0 Å². The monoisotopic (exact) mass is 328 g/mol. The third-order valence-corrected chi connectivity index (χ3v) is 5.93. The molecule has 1 saturated carbocycles. The summed E-state index contributed by atoms with van der Waals surface area (Å²) in [6.07, 6.45) is 7.61. The van der Waals surface area contributed by atoms with Gasteiger partial charge in [-0.25, -0.2) is 0 Å². The van der Waals surface area contributed by atoms with Crippen molar-refractivity contribution in [3.8, 4) is 0 Å². The molecule has 1 aliphatic carbocycles. The van der Waals surface area contributed by atoms with Crippen LogP contribution in [0.4, 0.5) is 0 Å². The van der Waals surface area contributed by atoms with E-state index >= 15 is 0 Å². The van der Waals surface area contributed by atoms with Crippen molar-refractivity contribution in [2.24, 2.45) is 11.8 Å². The number of hydrogen-bond acceptors (Lipinski definition) is 2. The van der Waals surface area contributed by atoms with Gasteiger partial charge in [-0.1, -0.05) is 44.9 Å². The van der Waals surface area contributed by atoms with Crippen molar-refractivity contribution in [1.82, 2.24) is 0 Å². The summed E-state index contributed by atoms with van der Waals surface area (Å²) in [6, 6.07) is 0. The minimum absolute atomic E-state index is 0.428. The van der Waals surface area contributed by atoms with Crippen LogP contribution < -0.4 is 0 Å². The van der Waals surface area contributed by atoms with Gasteiger partial charge in [0.25, 0.3) is 0 Å². The van der Waals surface area contributed by atoms with Crippen LogP contribution in [0.2, 0.25) is 0 Å². The van der Waals surface area contributed by atoms with Crippen LogP contribution in [0.25, 0.3) is 0 Å². The first kappa shape index (κ1) is 18.3. The van der Waals surface area contributed by atoms with Crippen LogP contribution in [0.3, 0.4) is 0 Å². The lowest BCUT2D eigenvalue weighted by Crippen LogP contribution is -2.14. The Morgan fingerprint density at radius 2 is 1.40 bits per heavy atom. The molecule has 0 bridgehead atoms. The van der Waals surface area contributed by atoms with Crippen molar-refractivity contribution in [1.29, 1.82) is 0 Å². The molecule has 0 spiro atoms. The van der Waals surface area contributed by atoms with Crippen LogP contribution in [0.1, 0.15) is 51.4 Å². The smallest absolute Gasteiger partial charge is 0.324 e. The highest BCUT2D eigenvalue weighted by molar-refractivity contribution is 7.52. The molecule has 0 aliphatic heterocycles. The molecule has 0 aromatic heterocycles. The molecule has 20 heavy (non-hydrogen) atoms. The van der Waals surface area contributed by atoms with Gasteiger partial charge in [0.2, 0.25) is 0 Å². The molecule has 0 amide bonds. The molecule has 0 unspecified atom stereocenters. The first-order valence-corrected chi connectivity index (χ1v) is 10.8. The molecule has 0 aromatic carbocycles. The zero-order chi connectivity index (χ0) is 15.2. The fourth-order valence-corrected chi connectivity index (χ4v) is 5.26. The summed E-state index contributed by atoms with van der Waals surface area (Å²) in [5, 5.41) is 0. The van der Waals surface area contributed by atoms with Gasteiger partial charge in [-0.2, -0.15) is 0 Å². The molecular formula is C12H26O6P2. The van der Waals surface area contributed by atoms with Gasteiger partial charge in [0.15, 0.2) is 0 Å². The topological polar surface area (TPSA) is 115 Å². The fourth-order valence-electron chi connectivity index (χ4n) is 3.08. The zero-order valence-corrected chi connectivity index (χ0v) is 13.5. The summed E-state index contributed by atoms with van der Waals surface area (Å²) in [6.45, 7) is 0. The van der Waals surface area contributed by atoms with Crippen LogP contribution in [0.5, 0.6) is 0 Å². The molecule has 1 aliphatic rings. The average molecular weight is 328 g/mol. The first-order valence-electron chi connectivity index (χ1n) is 7.25. The Hall–Kier alpha value is 0.300. The van der Waals surface area contributed by atoms with Crippen molar-refractivity contribution in [3.05, 3.63) is 0 Å². The molecule has 0 heterocycles. The minimum Gasteiger partial charge on any atom is -0.324 e. The van der Waals surface area contributed by atoms with Gasteiger partial charge in [-0.05, 0) is 18.3 Å². The van der Waals surface area contributed by atoms with Gasteiger partial charge in [0, 0.05) is 0 Å². The van der Waals surface area contributed by atoms with Gasteiger partial charge >= 0.3 is 15.2 Å². The highest BCUT2D eigenvalue weighted by atomic mass is 31.2. The second-order valence-corrected chi connectivity index (χ2v) is 9.38. The summed E-state index contributed by atoms with van der Waals surface area (Å²) in [7, 11) is -8.45. The number of rotatable bonds is 8. The molecule has 120 valence electrons. The van der Waals surface area contributed by atoms with Crippen LogP contribution in [0, 0.1) is 11.8 Å². The van der Waals surface area contributed by atoms with Gasteiger partial charge in [-0.3, -0.25) is 9.13 Å². The minimum atomic E-state index is -4.22. The summed E-state index contributed by atoms with van der Waals surface area (Å²) >= 11 is 0. The molecular weight excluding hydrogens is 302 g/mol. The molecule has 0 aromatic rings. The average Bonchev–Trinajstić information content (AvgIpc) is 2.25. The Morgan fingerprint density at radius 1 is 0.900 bits per heavy atom. The van der Waals surface area contributed by atoms with Gasteiger partial charge < -0.3 is 19.6 Å². The maximum Gasteiger partial charge on any atom is 0.325 e. The summed E-state index contributed by atoms with van der Waals surface area (Å²) in [4.78, 5) is 36.0. The van der Waals surface area contributed by atoms with E-state index in [1.807, 2.05) is 0 Å². The fraction of sp³-hybridized carbons (Fsp3) is 1.00. The molecule has 0 saturated heterocycles. The molecule has 0 radical (unpaired) electrons. The Morgan fingerprint density at radius 3 is 1.85 bits per heavy atom. The van der Waals surface area contributed by atoms with Crippen molar-refractivity contribution in [2.45, 2.75) is 51.4 Å².